The molecule has 1 fully saturated rings. The quantitative estimate of drug-likeness (QED) is 0.183. The van der Waals surface area contributed by atoms with E-state index in [-0.39, 0.29) is 12.9 Å². The second-order valence-corrected chi connectivity index (χ2v) is 8.53. The monoisotopic (exact) mass is 588 g/mol. The molecule has 1 aliphatic carbocycles. The predicted octanol–water partition coefficient (Wildman–Crippen LogP) is 6.07. The van der Waals surface area contributed by atoms with Crippen LogP contribution in [0.3, 0.4) is 0 Å². The van der Waals surface area contributed by atoms with Crippen molar-refractivity contribution in [3.05, 3.63) is 47.7 Å². The van der Waals surface area contributed by atoms with Gasteiger partial charge in [0, 0.05) is 30.0 Å². The van der Waals surface area contributed by atoms with E-state index in [2.05, 4.69) is 48.1 Å². The van der Waals surface area contributed by atoms with E-state index in [4.69, 9.17) is 18.1 Å². The molecule has 0 bridgehead atoms. The van der Waals surface area contributed by atoms with Crippen LogP contribution in [0.1, 0.15) is 71.4 Å². The summed E-state index contributed by atoms with van der Waals surface area (Å²) in [5.41, 5.74) is 6.25. The van der Waals surface area contributed by atoms with Gasteiger partial charge in [-0.15, -0.1) is 0 Å². The molecule has 2 aliphatic rings. The zero-order valence-corrected chi connectivity index (χ0v) is 23.3. The number of nitrogens with zero attached hydrogens (tertiary/aromatic N) is 1. The Hall–Kier alpha value is -1.91. The topological polar surface area (TPSA) is 99.1 Å². The zero-order chi connectivity index (χ0) is 26.1. The van der Waals surface area contributed by atoms with Crippen molar-refractivity contribution in [3.8, 4) is 0 Å². The van der Waals surface area contributed by atoms with Gasteiger partial charge in [0.2, 0.25) is 0 Å². The number of carbonyl (C=O) groups is 2. The smallest absolute Gasteiger partial charge is 0.304 e. The van der Waals surface area contributed by atoms with Gasteiger partial charge in [0.1, 0.15) is 23.0 Å². The van der Waals surface area contributed by atoms with Gasteiger partial charge in [-0.05, 0) is 81.8 Å². The van der Waals surface area contributed by atoms with E-state index in [1.807, 2.05) is 50.7 Å². The lowest BCUT2D eigenvalue weighted by Crippen LogP contribution is -2.23. The minimum atomic E-state index is -0.751. The minimum absolute atomic E-state index is 0.182. The third-order valence-corrected chi connectivity index (χ3v) is 5.94. The number of benzene rings is 1. The summed E-state index contributed by atoms with van der Waals surface area (Å²) in [5.74, 6) is -0.751. The number of allylic oxidation sites excluding steroid dienone is 2. The van der Waals surface area contributed by atoms with Crippen molar-refractivity contribution in [3.63, 3.8) is 0 Å². The summed E-state index contributed by atoms with van der Waals surface area (Å²) in [6, 6.07) is 7.39. The number of aryl methyl sites for hydroxylation is 1. The molecule has 3 N–H and O–H groups in total. The van der Waals surface area contributed by atoms with Crippen molar-refractivity contribution in [2.24, 2.45) is 0 Å². The van der Waals surface area contributed by atoms with Crippen LogP contribution in [-0.2, 0) is 19.1 Å². The van der Waals surface area contributed by atoms with Gasteiger partial charge < -0.3 is 23.5 Å². The predicted molar refractivity (Wildman–Crippen MR) is 148 cm³/mol. The van der Waals surface area contributed by atoms with E-state index < -0.39 is 5.97 Å². The first-order valence-electron chi connectivity index (χ1n) is 11.8. The number of aliphatic carboxylic acids is 1. The third-order valence-electron chi connectivity index (χ3n) is 4.93. The second kappa shape index (κ2) is 18.4. The molecule has 7 nitrogen and oxygen atoms in total. The highest BCUT2D eigenvalue weighted by Gasteiger charge is 2.32. The average molecular weight is 589 g/mol. The SMILES string of the molecule is C=C1C(C)=CN(C2CC2)c2ccc(CCCNCCC(=O)O)cc21.CC.CC(C)OI.O=CO. The van der Waals surface area contributed by atoms with Gasteiger partial charge in [0.25, 0.3) is 6.47 Å². The van der Waals surface area contributed by atoms with Gasteiger partial charge >= 0.3 is 5.97 Å². The molecule has 1 heterocycles. The highest BCUT2D eigenvalue weighted by molar-refractivity contribution is 14.1. The van der Waals surface area contributed by atoms with Gasteiger partial charge in [0.05, 0.1) is 12.5 Å². The number of anilines is 1. The number of carboxylic acid groups (broad SMARTS) is 2. The summed E-state index contributed by atoms with van der Waals surface area (Å²) in [7, 11) is 0. The third kappa shape index (κ3) is 12.5. The molecule has 0 amide bonds. The van der Waals surface area contributed by atoms with Crippen molar-refractivity contribution in [1.82, 2.24) is 5.32 Å². The van der Waals surface area contributed by atoms with E-state index in [1.54, 1.807) is 0 Å². The van der Waals surface area contributed by atoms with Crippen LogP contribution >= 0.6 is 23.0 Å². The molecule has 34 heavy (non-hydrogen) atoms. The zero-order valence-electron chi connectivity index (χ0n) is 21.1. The summed E-state index contributed by atoms with van der Waals surface area (Å²) in [6.07, 6.45) is 7.35. The Bertz CT molecular complexity index is 791. The van der Waals surface area contributed by atoms with Gasteiger partial charge in [-0.1, -0.05) is 26.5 Å². The number of carboxylic acids is 1. The molecule has 1 aliphatic heterocycles. The molecule has 0 saturated heterocycles. The Morgan fingerprint density at radius 2 is 1.91 bits per heavy atom. The second-order valence-electron chi connectivity index (χ2n) is 8.02. The summed E-state index contributed by atoms with van der Waals surface area (Å²) >= 11 is 1.88. The van der Waals surface area contributed by atoms with Gasteiger partial charge in [-0.25, -0.2) is 0 Å². The van der Waals surface area contributed by atoms with Crippen LogP contribution in [0.4, 0.5) is 5.69 Å². The van der Waals surface area contributed by atoms with E-state index in [9.17, 15) is 4.79 Å². The molecule has 1 aromatic carbocycles. The molecule has 1 saturated carbocycles. The maximum absolute atomic E-state index is 10.5. The fourth-order valence-corrected chi connectivity index (χ4v) is 3.17. The maximum Gasteiger partial charge on any atom is 0.304 e. The molecule has 0 aromatic heterocycles. The fraction of sp³-hybridized carbons (Fsp3) is 0.538. The van der Waals surface area contributed by atoms with Crippen LogP contribution in [0.5, 0.6) is 0 Å². The van der Waals surface area contributed by atoms with Crippen molar-refractivity contribution in [2.45, 2.75) is 78.9 Å². The Balaban J connectivity index is 0.000000935. The van der Waals surface area contributed by atoms with Crippen LogP contribution in [0.15, 0.2) is 36.6 Å². The number of halogens is 1. The van der Waals surface area contributed by atoms with Crippen LogP contribution < -0.4 is 10.2 Å². The highest BCUT2D eigenvalue weighted by Crippen LogP contribution is 2.42. The number of hydrogen-bond donors (Lipinski definition) is 3. The first kappa shape index (κ1) is 32.1. The standard InChI is InChI=1S/C20H26N2O2.C3H7IO.C2H6.CH2O2/c1-14-13-22(17-6-7-17)19-8-5-16(12-18(19)15(14)2)4-3-10-21-11-9-20(23)24;1-3(2)5-4;1-2;2-1-3/h5,8,12-13,17,21H,2-4,6-7,9-11H2,1H3,(H,23,24);3H,1-2H3;1-2H3;1H,(H,2,3). The van der Waals surface area contributed by atoms with Gasteiger partial charge in [-0.2, -0.15) is 0 Å². The van der Waals surface area contributed by atoms with Crippen molar-refractivity contribution in [2.75, 3.05) is 18.0 Å². The molecule has 0 radical (unpaired) electrons. The Kier molecular flexibility index (Phi) is 17.4. The molecule has 0 unspecified atom stereocenters. The maximum atomic E-state index is 10.5. The number of nitrogens with one attached hydrogen (secondary N) is 1. The summed E-state index contributed by atoms with van der Waals surface area (Å²) in [6.45, 7) is 15.5. The summed E-state index contributed by atoms with van der Waals surface area (Å²) in [4.78, 5) is 21.2. The van der Waals surface area contributed by atoms with Crippen LogP contribution in [-0.4, -0.2) is 47.9 Å². The lowest BCUT2D eigenvalue weighted by molar-refractivity contribution is -0.136. The molecule has 0 atom stereocenters. The molecular formula is C26H41IN2O5. The highest BCUT2D eigenvalue weighted by atomic mass is 127. The Labute approximate surface area is 219 Å². The van der Waals surface area contributed by atoms with E-state index in [0.717, 1.165) is 25.0 Å². The Morgan fingerprint density at radius 1 is 1.32 bits per heavy atom. The van der Waals surface area contributed by atoms with Crippen molar-refractivity contribution < 1.29 is 22.9 Å². The molecule has 0 spiro atoms. The van der Waals surface area contributed by atoms with E-state index in [0.29, 0.717) is 18.7 Å². The number of hydrogen-bond acceptors (Lipinski definition) is 5. The lowest BCUT2D eigenvalue weighted by Gasteiger charge is -2.30. The first-order valence-corrected chi connectivity index (χ1v) is 12.7. The Morgan fingerprint density at radius 3 is 2.41 bits per heavy atom. The lowest BCUT2D eigenvalue weighted by atomic mass is 9.93. The minimum Gasteiger partial charge on any atom is -0.483 e. The van der Waals surface area contributed by atoms with Crippen molar-refractivity contribution in [1.29, 1.82) is 0 Å². The summed E-state index contributed by atoms with van der Waals surface area (Å²) < 4.78 is 4.72. The van der Waals surface area contributed by atoms with Gasteiger partial charge in [0.15, 0.2) is 0 Å². The van der Waals surface area contributed by atoms with Gasteiger partial charge in [-0.3, -0.25) is 9.59 Å². The van der Waals surface area contributed by atoms with Crippen LogP contribution in [0.25, 0.3) is 5.57 Å². The molecule has 3 rings (SSSR count). The summed E-state index contributed by atoms with van der Waals surface area (Å²) in [5, 5.41) is 18.7. The molecule has 192 valence electrons. The fourth-order valence-electron chi connectivity index (χ4n) is 3.17. The van der Waals surface area contributed by atoms with E-state index in [1.165, 1.54) is 35.2 Å². The average Bonchev–Trinajstić information content (AvgIpc) is 3.66. The number of rotatable bonds is 9. The molecule has 1 aromatic rings. The van der Waals surface area contributed by atoms with Crippen LogP contribution in [0.2, 0.25) is 0 Å². The van der Waals surface area contributed by atoms with E-state index >= 15 is 0 Å². The first-order chi connectivity index (χ1) is 16.2. The van der Waals surface area contributed by atoms with Crippen LogP contribution in [0, 0.1) is 0 Å². The number of fused-ring (bicyclic) bond motifs is 1. The molecular weight excluding hydrogens is 547 g/mol. The van der Waals surface area contributed by atoms with Crippen molar-refractivity contribution >= 4 is 46.7 Å². The normalized spacial score (nSPS) is 13.8. The molecule has 8 heteroatoms. The largest absolute Gasteiger partial charge is 0.483 e.